The van der Waals surface area contributed by atoms with Crippen LogP contribution in [0.25, 0.3) is 21.7 Å². The van der Waals surface area contributed by atoms with Crippen LogP contribution in [0.2, 0.25) is 0 Å². The highest BCUT2D eigenvalue weighted by Gasteiger charge is 2.21. The van der Waals surface area contributed by atoms with Gasteiger partial charge in [0, 0.05) is 34.1 Å². The topological polar surface area (TPSA) is 75.5 Å². The minimum absolute atomic E-state index is 0.225. The Kier molecular flexibility index (Phi) is 7.29. The van der Waals surface area contributed by atoms with Gasteiger partial charge in [0.1, 0.15) is 11.6 Å². The Morgan fingerprint density at radius 1 is 1.21 bits per heavy atom. The van der Waals surface area contributed by atoms with Crippen LogP contribution in [0.3, 0.4) is 0 Å². The molecule has 0 saturated carbocycles. The summed E-state index contributed by atoms with van der Waals surface area (Å²) in [6.45, 7) is 6.95. The third-order valence-electron chi connectivity index (χ3n) is 5.24. The van der Waals surface area contributed by atoms with Gasteiger partial charge < -0.3 is 14.7 Å². The van der Waals surface area contributed by atoms with E-state index in [4.69, 9.17) is 9.72 Å². The van der Waals surface area contributed by atoms with Crippen molar-refractivity contribution in [2.75, 3.05) is 18.6 Å². The number of aromatic carboxylic acids is 1. The normalized spacial score (nSPS) is 11.1. The predicted molar refractivity (Wildman–Crippen MR) is 140 cm³/mol. The van der Waals surface area contributed by atoms with Crippen molar-refractivity contribution < 1.29 is 14.6 Å². The van der Waals surface area contributed by atoms with E-state index in [1.165, 1.54) is 16.2 Å². The van der Waals surface area contributed by atoms with Crippen LogP contribution in [0, 0.1) is 5.92 Å². The van der Waals surface area contributed by atoms with E-state index in [9.17, 15) is 9.90 Å². The number of pyridine rings is 1. The fraction of sp³-hybridized carbons (Fsp3) is 0.269. The Labute approximate surface area is 207 Å². The average molecular weight is 494 g/mol. The zero-order valence-electron chi connectivity index (χ0n) is 19.6. The summed E-state index contributed by atoms with van der Waals surface area (Å²) in [5, 5.41) is 12.5. The molecule has 0 aliphatic rings. The highest BCUT2D eigenvalue weighted by atomic mass is 32.1. The number of aromatic nitrogens is 2. The molecular formula is C26H27N3O3S2. The molecule has 0 atom stereocenters. The molecule has 0 bridgehead atoms. The molecule has 0 saturated heterocycles. The predicted octanol–water partition coefficient (Wildman–Crippen LogP) is 7.00. The van der Waals surface area contributed by atoms with Crippen LogP contribution in [0.15, 0.2) is 54.0 Å². The zero-order valence-corrected chi connectivity index (χ0v) is 21.2. The van der Waals surface area contributed by atoms with E-state index < -0.39 is 5.97 Å². The number of benzene rings is 1. The van der Waals surface area contributed by atoms with Crippen LogP contribution in [0.4, 0.5) is 10.9 Å². The maximum Gasteiger partial charge on any atom is 0.336 e. The molecule has 1 aromatic carbocycles. The van der Waals surface area contributed by atoms with Crippen molar-refractivity contribution in [1.29, 1.82) is 0 Å². The highest BCUT2D eigenvalue weighted by molar-refractivity contribution is 7.16. The van der Waals surface area contributed by atoms with Crippen molar-refractivity contribution in [2.45, 2.75) is 27.2 Å². The summed E-state index contributed by atoms with van der Waals surface area (Å²) in [7, 11) is 1.87. The third kappa shape index (κ3) is 5.13. The molecule has 0 spiro atoms. The molecule has 1 N–H and O–H groups in total. The van der Waals surface area contributed by atoms with Gasteiger partial charge in [-0.05, 0) is 48.9 Å². The molecule has 8 heteroatoms. The van der Waals surface area contributed by atoms with Crippen molar-refractivity contribution in [3.8, 4) is 27.4 Å². The number of ether oxygens (including phenoxy) is 1. The summed E-state index contributed by atoms with van der Waals surface area (Å²) in [4.78, 5) is 25.5. The first-order chi connectivity index (χ1) is 16.4. The number of hydrogen-bond donors (Lipinski definition) is 1. The maximum absolute atomic E-state index is 12.0. The molecule has 0 fully saturated rings. The third-order valence-corrected chi connectivity index (χ3v) is 7.29. The lowest BCUT2D eigenvalue weighted by Crippen LogP contribution is -2.12. The van der Waals surface area contributed by atoms with Gasteiger partial charge in [0.25, 0.3) is 0 Å². The van der Waals surface area contributed by atoms with Crippen molar-refractivity contribution in [3.63, 3.8) is 0 Å². The van der Waals surface area contributed by atoms with Crippen LogP contribution in [-0.4, -0.2) is 34.7 Å². The van der Waals surface area contributed by atoms with Gasteiger partial charge in [-0.2, -0.15) is 0 Å². The Morgan fingerprint density at radius 2 is 2.03 bits per heavy atom. The smallest absolute Gasteiger partial charge is 0.336 e. The molecule has 0 radical (unpaired) electrons. The second kappa shape index (κ2) is 10.4. The van der Waals surface area contributed by atoms with Crippen molar-refractivity contribution in [1.82, 2.24) is 9.97 Å². The molecule has 4 aromatic rings. The van der Waals surface area contributed by atoms with Gasteiger partial charge >= 0.3 is 5.97 Å². The second-order valence-electron chi connectivity index (χ2n) is 8.26. The number of hydrogen-bond acceptors (Lipinski definition) is 7. The fourth-order valence-corrected chi connectivity index (χ4v) is 5.66. The van der Waals surface area contributed by atoms with E-state index in [0.717, 1.165) is 33.4 Å². The Balaban J connectivity index is 1.74. The lowest BCUT2D eigenvalue weighted by Gasteiger charge is -2.16. The molecule has 3 heterocycles. The first-order valence-electron chi connectivity index (χ1n) is 11.1. The molecule has 34 heavy (non-hydrogen) atoms. The molecule has 0 unspecified atom stereocenters. The molecule has 3 aromatic heterocycles. The number of anilines is 2. The SMILES string of the molecule is CCOc1cccc(-c2nc(N(C)c3cc(C(=O)O)c(-c4cccs4)cn3)sc2CC(C)C)c1. The van der Waals surface area contributed by atoms with Gasteiger partial charge in [-0.1, -0.05) is 32.0 Å². The van der Waals surface area contributed by atoms with E-state index >= 15 is 0 Å². The summed E-state index contributed by atoms with van der Waals surface area (Å²) >= 11 is 3.10. The van der Waals surface area contributed by atoms with Gasteiger partial charge in [-0.3, -0.25) is 0 Å². The van der Waals surface area contributed by atoms with Crippen LogP contribution < -0.4 is 9.64 Å². The second-order valence-corrected chi connectivity index (χ2v) is 10.3. The summed E-state index contributed by atoms with van der Waals surface area (Å²) in [5.74, 6) is 0.843. The van der Waals surface area contributed by atoms with Crippen LogP contribution in [0.5, 0.6) is 5.75 Å². The first-order valence-corrected chi connectivity index (χ1v) is 12.8. The molecule has 6 nitrogen and oxygen atoms in total. The van der Waals surface area contributed by atoms with Crippen LogP contribution in [0.1, 0.15) is 36.0 Å². The number of nitrogens with zero attached hydrogens (tertiary/aromatic N) is 3. The molecule has 0 aliphatic carbocycles. The minimum atomic E-state index is -0.978. The molecule has 4 rings (SSSR count). The largest absolute Gasteiger partial charge is 0.494 e. The Hall–Kier alpha value is -3.23. The van der Waals surface area contributed by atoms with E-state index in [1.807, 2.05) is 60.6 Å². The number of thiazole rings is 1. The lowest BCUT2D eigenvalue weighted by atomic mass is 10.0. The van der Waals surface area contributed by atoms with Gasteiger partial charge in [0.15, 0.2) is 5.13 Å². The fourth-order valence-electron chi connectivity index (χ4n) is 3.65. The summed E-state index contributed by atoms with van der Waals surface area (Å²) in [5.41, 5.74) is 2.77. The van der Waals surface area contributed by atoms with E-state index in [2.05, 4.69) is 18.8 Å². The Morgan fingerprint density at radius 3 is 2.71 bits per heavy atom. The maximum atomic E-state index is 12.0. The van der Waals surface area contributed by atoms with Gasteiger partial charge in [-0.25, -0.2) is 14.8 Å². The minimum Gasteiger partial charge on any atom is -0.494 e. The van der Waals surface area contributed by atoms with E-state index in [0.29, 0.717) is 23.9 Å². The average Bonchev–Trinajstić information content (AvgIpc) is 3.49. The monoisotopic (exact) mass is 493 g/mol. The molecule has 0 amide bonds. The summed E-state index contributed by atoms with van der Waals surface area (Å²) < 4.78 is 5.69. The van der Waals surface area contributed by atoms with Crippen LogP contribution >= 0.6 is 22.7 Å². The number of rotatable bonds is 9. The van der Waals surface area contributed by atoms with Crippen molar-refractivity contribution >= 4 is 39.6 Å². The number of carboxylic acids is 1. The molecule has 0 aliphatic heterocycles. The lowest BCUT2D eigenvalue weighted by molar-refractivity contribution is 0.0697. The quantitative estimate of drug-likeness (QED) is 0.271. The highest BCUT2D eigenvalue weighted by Crippen LogP contribution is 2.38. The molecule has 176 valence electrons. The van der Waals surface area contributed by atoms with Gasteiger partial charge in [0.2, 0.25) is 0 Å². The van der Waals surface area contributed by atoms with Crippen LogP contribution in [-0.2, 0) is 6.42 Å². The standard InChI is InChI=1S/C26H27N3O3S2/c1-5-32-18-9-6-8-17(13-18)24-22(12-16(2)3)34-26(28-24)29(4)23-14-19(25(30)31)20(15-27-23)21-10-7-11-33-21/h6-11,13-16H,5,12H2,1-4H3,(H,30,31). The summed E-state index contributed by atoms with van der Waals surface area (Å²) in [6, 6.07) is 13.4. The van der Waals surface area contributed by atoms with E-state index in [-0.39, 0.29) is 5.56 Å². The number of carboxylic acid groups (broad SMARTS) is 1. The van der Waals surface area contributed by atoms with Crippen molar-refractivity contribution in [2.24, 2.45) is 5.92 Å². The van der Waals surface area contributed by atoms with E-state index in [1.54, 1.807) is 23.6 Å². The first kappa shape index (κ1) is 23.9. The molecular weight excluding hydrogens is 466 g/mol. The Bertz CT molecular complexity index is 1280. The van der Waals surface area contributed by atoms with Crippen molar-refractivity contribution in [3.05, 3.63) is 64.5 Å². The van der Waals surface area contributed by atoms with Gasteiger partial charge in [0.05, 0.1) is 17.9 Å². The number of carbonyl (C=O) groups is 1. The van der Waals surface area contributed by atoms with Gasteiger partial charge in [-0.15, -0.1) is 22.7 Å². The zero-order chi connectivity index (χ0) is 24.2. The number of thiophene rings is 1. The summed E-state index contributed by atoms with van der Waals surface area (Å²) in [6.07, 6.45) is 2.53.